The zero-order valence-electron chi connectivity index (χ0n) is 21.8. The largest absolute Gasteiger partial charge is 0.433 e. The molecule has 2 aromatic heterocycles. The number of nitrogens with one attached hydrogen (secondary N) is 1. The van der Waals surface area contributed by atoms with E-state index in [0.717, 1.165) is 12.3 Å². The van der Waals surface area contributed by atoms with E-state index in [1.165, 1.54) is 17.7 Å². The van der Waals surface area contributed by atoms with Gasteiger partial charge < -0.3 is 19.1 Å². The molecule has 4 rings (SSSR count). The van der Waals surface area contributed by atoms with E-state index in [1.54, 1.807) is 4.90 Å². The van der Waals surface area contributed by atoms with Crippen LogP contribution in [-0.2, 0) is 20.4 Å². The summed E-state index contributed by atoms with van der Waals surface area (Å²) in [5.41, 5.74) is -4.52. The first-order valence-electron chi connectivity index (χ1n) is 11.9. The van der Waals surface area contributed by atoms with E-state index in [2.05, 4.69) is 15.0 Å². The van der Waals surface area contributed by atoms with Gasteiger partial charge in [0.15, 0.2) is 6.23 Å². The van der Waals surface area contributed by atoms with Crippen LogP contribution in [0.3, 0.4) is 0 Å². The summed E-state index contributed by atoms with van der Waals surface area (Å²) in [4.78, 5) is 36.6. The summed E-state index contributed by atoms with van der Waals surface area (Å²) in [5.74, 6) is -0.178. The van der Waals surface area contributed by atoms with Gasteiger partial charge in [-0.2, -0.15) is 13.2 Å². The van der Waals surface area contributed by atoms with Crippen LogP contribution in [0.5, 0.6) is 0 Å². The number of hydrogen-bond donors (Lipinski definition) is 1. The molecule has 37 heavy (non-hydrogen) atoms. The molecule has 0 spiro atoms. The lowest BCUT2D eigenvalue weighted by molar-refractivity contribution is -0.183. The Kier molecular flexibility index (Phi) is 6.57. The van der Waals surface area contributed by atoms with Gasteiger partial charge in [0, 0.05) is 18.0 Å². The average Bonchev–Trinajstić information content (AvgIpc) is 3.22. The summed E-state index contributed by atoms with van der Waals surface area (Å²) in [7, 11) is 0. The molecule has 204 valence electrons. The van der Waals surface area contributed by atoms with Gasteiger partial charge in [-0.1, -0.05) is 0 Å². The van der Waals surface area contributed by atoms with E-state index < -0.39 is 58.3 Å². The minimum Gasteiger partial charge on any atom is -0.373 e. The highest BCUT2D eigenvalue weighted by Crippen LogP contribution is 2.50. The number of hydrogen-bond acceptors (Lipinski definition) is 8. The van der Waals surface area contributed by atoms with Gasteiger partial charge in [0.2, 0.25) is 5.95 Å². The SMILES string of the molecule is Cc1cn([C@@H]2O[C@@]3(COC(C)(C)C)CN(c4nccc(C(F)(F)F)n4)[C@@H]2[C@@H]3OC(C)(C)C)c(=O)[nH]c1=O. The maximum absolute atomic E-state index is 13.5. The van der Waals surface area contributed by atoms with Crippen molar-refractivity contribution in [1.29, 1.82) is 0 Å². The predicted octanol–water partition coefficient (Wildman–Crippen LogP) is 2.81. The van der Waals surface area contributed by atoms with Crippen LogP contribution in [0.4, 0.5) is 19.1 Å². The van der Waals surface area contributed by atoms with Gasteiger partial charge in [0.25, 0.3) is 5.56 Å². The summed E-state index contributed by atoms with van der Waals surface area (Å²) in [5, 5.41) is 0. The fourth-order valence-corrected chi connectivity index (χ4v) is 4.58. The van der Waals surface area contributed by atoms with Crippen LogP contribution in [0, 0.1) is 6.92 Å². The van der Waals surface area contributed by atoms with Gasteiger partial charge >= 0.3 is 11.9 Å². The third-order valence-electron chi connectivity index (χ3n) is 6.11. The molecule has 4 heterocycles. The summed E-state index contributed by atoms with van der Waals surface area (Å²) < 4.78 is 60.7. The number of rotatable bonds is 5. The molecule has 13 heteroatoms. The second kappa shape index (κ2) is 8.91. The molecule has 2 fully saturated rings. The minimum atomic E-state index is -4.67. The van der Waals surface area contributed by atoms with Gasteiger partial charge in [-0.05, 0) is 54.5 Å². The topological polar surface area (TPSA) is 112 Å². The van der Waals surface area contributed by atoms with Crippen molar-refractivity contribution >= 4 is 5.95 Å². The number of nitrogens with zero attached hydrogens (tertiary/aromatic N) is 4. The van der Waals surface area contributed by atoms with Crippen molar-refractivity contribution in [2.45, 2.75) is 89.8 Å². The molecule has 2 saturated heterocycles. The zero-order valence-corrected chi connectivity index (χ0v) is 21.8. The van der Waals surface area contributed by atoms with Crippen LogP contribution in [-0.4, -0.2) is 61.6 Å². The molecule has 0 aliphatic carbocycles. The van der Waals surface area contributed by atoms with E-state index in [1.807, 2.05) is 41.5 Å². The van der Waals surface area contributed by atoms with Gasteiger partial charge in [0.1, 0.15) is 23.4 Å². The number of alkyl halides is 3. The second-order valence-corrected chi connectivity index (χ2v) is 11.5. The molecule has 0 amide bonds. The first-order chi connectivity index (χ1) is 16.9. The molecule has 0 saturated carbocycles. The predicted molar refractivity (Wildman–Crippen MR) is 127 cm³/mol. The van der Waals surface area contributed by atoms with E-state index in [-0.39, 0.29) is 24.7 Å². The lowest BCUT2D eigenvalue weighted by Crippen LogP contribution is -2.52. The highest BCUT2D eigenvalue weighted by molar-refractivity contribution is 5.42. The van der Waals surface area contributed by atoms with Gasteiger partial charge in [0.05, 0.1) is 24.4 Å². The number of ether oxygens (including phenoxy) is 3. The standard InChI is InChI=1S/C24H32F3N5O5/c1-13-10-31(20(34)30-17(13)33)18-15-16(36-22(5,6)7)23(37-18,12-35-21(2,3)4)11-32(15)19-28-9-8-14(29-19)24(25,26)27/h8-10,15-16,18H,11-12H2,1-7H3,(H,30,33,34)/t15-,16+,18-,23-/m1/s1. The molecule has 0 radical (unpaired) electrons. The first kappa shape index (κ1) is 27.3. The fourth-order valence-electron chi connectivity index (χ4n) is 4.58. The number of aryl methyl sites for hydroxylation is 1. The number of H-pyrrole nitrogens is 1. The number of fused-ring (bicyclic) bond motifs is 2. The van der Waals surface area contributed by atoms with Crippen LogP contribution in [0.2, 0.25) is 0 Å². The van der Waals surface area contributed by atoms with Crippen molar-refractivity contribution in [3.05, 3.63) is 50.6 Å². The highest BCUT2D eigenvalue weighted by Gasteiger charge is 2.67. The third-order valence-corrected chi connectivity index (χ3v) is 6.11. The molecule has 4 atom stereocenters. The van der Waals surface area contributed by atoms with Crippen molar-refractivity contribution < 1.29 is 27.4 Å². The van der Waals surface area contributed by atoms with E-state index >= 15 is 0 Å². The minimum absolute atomic E-state index is 0.0246. The molecule has 1 N–H and O–H groups in total. The molecular formula is C24H32F3N5O5. The Hall–Kier alpha value is -2.77. The number of anilines is 1. The first-order valence-corrected chi connectivity index (χ1v) is 11.9. The van der Waals surface area contributed by atoms with Crippen LogP contribution < -0.4 is 16.1 Å². The maximum Gasteiger partial charge on any atom is 0.433 e. The number of halogens is 3. The molecular weight excluding hydrogens is 495 g/mol. The van der Waals surface area contributed by atoms with Crippen molar-refractivity contribution in [3.8, 4) is 0 Å². The van der Waals surface area contributed by atoms with Crippen LogP contribution in [0.15, 0.2) is 28.0 Å². The summed E-state index contributed by atoms with van der Waals surface area (Å²) >= 11 is 0. The Morgan fingerprint density at radius 3 is 2.43 bits per heavy atom. The molecule has 0 unspecified atom stereocenters. The van der Waals surface area contributed by atoms with Crippen molar-refractivity contribution in [1.82, 2.24) is 19.5 Å². The Labute approximate surface area is 211 Å². The molecule has 2 bridgehead atoms. The Balaban J connectivity index is 1.88. The normalized spacial score (nSPS) is 26.2. The highest BCUT2D eigenvalue weighted by atomic mass is 19.4. The van der Waals surface area contributed by atoms with E-state index in [4.69, 9.17) is 14.2 Å². The molecule has 2 aromatic rings. The van der Waals surface area contributed by atoms with E-state index in [0.29, 0.717) is 0 Å². The zero-order chi connectivity index (χ0) is 27.6. The average molecular weight is 528 g/mol. The van der Waals surface area contributed by atoms with Crippen LogP contribution >= 0.6 is 0 Å². The lowest BCUT2D eigenvalue weighted by Gasteiger charge is -2.38. The second-order valence-electron chi connectivity index (χ2n) is 11.5. The van der Waals surface area contributed by atoms with Crippen molar-refractivity contribution in [2.75, 3.05) is 18.1 Å². The smallest absolute Gasteiger partial charge is 0.373 e. The molecule has 2 aliphatic rings. The number of morpholine rings is 1. The Morgan fingerprint density at radius 2 is 1.84 bits per heavy atom. The monoisotopic (exact) mass is 527 g/mol. The van der Waals surface area contributed by atoms with Crippen molar-refractivity contribution in [3.63, 3.8) is 0 Å². The maximum atomic E-state index is 13.5. The van der Waals surface area contributed by atoms with Crippen molar-refractivity contribution in [2.24, 2.45) is 0 Å². The van der Waals surface area contributed by atoms with Gasteiger partial charge in [-0.3, -0.25) is 14.3 Å². The number of aromatic nitrogens is 4. The quantitative estimate of drug-likeness (QED) is 0.632. The third kappa shape index (κ3) is 5.43. The summed E-state index contributed by atoms with van der Waals surface area (Å²) in [6, 6.07) is -0.0160. The Morgan fingerprint density at radius 1 is 1.16 bits per heavy atom. The molecule has 10 nitrogen and oxygen atoms in total. The summed E-state index contributed by atoms with van der Waals surface area (Å²) in [6.45, 7) is 12.8. The number of aromatic amines is 1. The fraction of sp³-hybridized carbons (Fsp3) is 0.667. The molecule has 2 aliphatic heterocycles. The summed E-state index contributed by atoms with van der Waals surface area (Å²) in [6.07, 6.45) is -4.04. The van der Waals surface area contributed by atoms with Crippen LogP contribution in [0.1, 0.15) is 59.0 Å². The molecule has 0 aromatic carbocycles. The Bertz CT molecular complexity index is 1280. The van der Waals surface area contributed by atoms with Gasteiger partial charge in [-0.25, -0.2) is 14.8 Å². The van der Waals surface area contributed by atoms with Crippen LogP contribution in [0.25, 0.3) is 0 Å². The van der Waals surface area contributed by atoms with Gasteiger partial charge in [-0.15, -0.1) is 0 Å². The lowest BCUT2D eigenvalue weighted by atomic mass is 9.98. The van der Waals surface area contributed by atoms with E-state index in [9.17, 15) is 22.8 Å².